The molecule has 1 aromatic heterocycles. The minimum atomic E-state index is 0.505. The van der Waals surface area contributed by atoms with Crippen molar-refractivity contribution in [3.8, 4) is 0 Å². The van der Waals surface area contributed by atoms with E-state index in [0.29, 0.717) is 18.3 Å². The number of aryl methyl sites for hydroxylation is 1. The summed E-state index contributed by atoms with van der Waals surface area (Å²) in [6.07, 6.45) is 15.5. The van der Waals surface area contributed by atoms with Crippen molar-refractivity contribution in [3.05, 3.63) is 41.5 Å². The molecule has 1 aromatic carbocycles. The van der Waals surface area contributed by atoms with Crippen molar-refractivity contribution in [2.45, 2.75) is 84.1 Å². The molecule has 0 amide bonds. The largest absolute Gasteiger partial charge is 0.383 e. The quantitative estimate of drug-likeness (QED) is 0.282. The number of anilines is 3. The summed E-state index contributed by atoms with van der Waals surface area (Å²) in [5, 5.41) is 3.38. The number of hydrogen-bond acceptors (Lipinski definition) is 7. The first kappa shape index (κ1) is 28.6. The molecular weight excluding hydrogens is 472 g/mol. The van der Waals surface area contributed by atoms with Gasteiger partial charge < -0.3 is 20.7 Å². The maximum Gasteiger partial charge on any atom is 0.226 e. The minimum absolute atomic E-state index is 0.505. The van der Waals surface area contributed by atoms with Gasteiger partial charge >= 0.3 is 0 Å². The van der Waals surface area contributed by atoms with Gasteiger partial charge in [-0.15, -0.1) is 0 Å². The molecule has 1 saturated carbocycles. The average Bonchev–Trinajstić information content (AvgIpc) is 2.95. The molecule has 1 aliphatic heterocycles. The maximum atomic E-state index is 6.13. The minimum Gasteiger partial charge on any atom is -0.383 e. The number of nitrogens with two attached hydrogens (primary N) is 1. The molecular formula is C31H50N6O. The fourth-order valence-corrected chi connectivity index (χ4v) is 5.83. The molecule has 0 atom stereocenters. The number of nitrogens with zero attached hydrogens (tertiary/aromatic N) is 4. The van der Waals surface area contributed by atoms with E-state index in [1.54, 1.807) is 0 Å². The summed E-state index contributed by atoms with van der Waals surface area (Å²) in [5.41, 5.74) is 8.80. The van der Waals surface area contributed by atoms with Gasteiger partial charge in [-0.1, -0.05) is 82.1 Å². The van der Waals surface area contributed by atoms with E-state index in [2.05, 4.69) is 44.4 Å². The summed E-state index contributed by atoms with van der Waals surface area (Å²) in [4.78, 5) is 13.9. The summed E-state index contributed by atoms with van der Waals surface area (Å²) < 4.78 is 5.50. The Balaban J connectivity index is 1.15. The standard InChI is InChI=1S/C31H50N6O/c1-2-38-23-22-36-18-20-37(21-19-36)30-24-29(32)34-31(35-30)33-25-28-16-14-27(15-17-28)13-7-4-3-6-10-26-11-8-5-9-12-26/h14-17,24,26H,2-13,18-23,25H2,1H3,(H3,32,33,34,35). The van der Waals surface area contributed by atoms with Gasteiger partial charge in [0.05, 0.1) is 6.61 Å². The average molecular weight is 523 g/mol. The summed E-state index contributed by atoms with van der Waals surface area (Å²) >= 11 is 0. The number of piperazine rings is 1. The Hall–Kier alpha value is -2.38. The number of hydrogen-bond donors (Lipinski definition) is 2. The molecule has 3 N–H and O–H groups in total. The molecule has 2 fully saturated rings. The Labute approximate surface area is 230 Å². The van der Waals surface area contributed by atoms with E-state index < -0.39 is 0 Å². The van der Waals surface area contributed by atoms with Crippen molar-refractivity contribution in [2.24, 2.45) is 5.92 Å². The molecule has 210 valence electrons. The third kappa shape index (κ3) is 9.73. The molecule has 0 spiro atoms. The Morgan fingerprint density at radius 3 is 2.42 bits per heavy atom. The Morgan fingerprint density at radius 1 is 0.921 bits per heavy atom. The number of unbranched alkanes of at least 4 members (excludes halogenated alkanes) is 3. The molecule has 38 heavy (non-hydrogen) atoms. The van der Waals surface area contributed by atoms with Crippen LogP contribution < -0.4 is 16.0 Å². The predicted molar refractivity (Wildman–Crippen MR) is 159 cm³/mol. The Morgan fingerprint density at radius 2 is 1.66 bits per heavy atom. The summed E-state index contributed by atoms with van der Waals surface area (Å²) in [7, 11) is 0. The molecule has 2 aromatic rings. The summed E-state index contributed by atoms with van der Waals surface area (Å²) in [6.45, 7) is 9.17. The fraction of sp³-hybridized carbons (Fsp3) is 0.677. The number of ether oxygens (including phenoxy) is 1. The van der Waals surface area contributed by atoms with Gasteiger partial charge in [0.2, 0.25) is 5.95 Å². The van der Waals surface area contributed by atoms with Crippen molar-refractivity contribution in [1.29, 1.82) is 0 Å². The van der Waals surface area contributed by atoms with Gasteiger partial charge in [0, 0.05) is 51.9 Å². The zero-order valence-corrected chi connectivity index (χ0v) is 23.7. The summed E-state index contributed by atoms with van der Waals surface area (Å²) in [6, 6.07) is 10.9. The Kier molecular flexibility index (Phi) is 12.0. The van der Waals surface area contributed by atoms with Gasteiger partial charge in [-0.2, -0.15) is 9.97 Å². The maximum absolute atomic E-state index is 6.13. The van der Waals surface area contributed by atoms with Crippen LogP contribution in [0.25, 0.3) is 0 Å². The molecule has 7 nitrogen and oxygen atoms in total. The van der Waals surface area contributed by atoms with E-state index >= 15 is 0 Å². The third-order valence-corrected chi connectivity index (χ3v) is 8.21. The highest BCUT2D eigenvalue weighted by Gasteiger charge is 2.19. The van der Waals surface area contributed by atoms with Crippen molar-refractivity contribution >= 4 is 17.6 Å². The monoisotopic (exact) mass is 522 g/mol. The van der Waals surface area contributed by atoms with E-state index in [-0.39, 0.29) is 0 Å². The van der Waals surface area contributed by atoms with Crippen LogP contribution in [0.5, 0.6) is 0 Å². The van der Waals surface area contributed by atoms with Crippen molar-refractivity contribution in [2.75, 3.05) is 61.9 Å². The molecule has 0 unspecified atom stereocenters. The first-order valence-corrected chi connectivity index (χ1v) is 15.2. The number of aromatic nitrogens is 2. The van der Waals surface area contributed by atoms with Crippen LogP contribution in [0.1, 0.15) is 82.3 Å². The number of nitrogen functional groups attached to an aromatic ring is 1. The molecule has 4 rings (SSSR count). The zero-order valence-electron chi connectivity index (χ0n) is 23.7. The lowest BCUT2D eigenvalue weighted by Crippen LogP contribution is -2.47. The molecule has 7 heteroatoms. The number of nitrogens with one attached hydrogen (secondary N) is 1. The van der Waals surface area contributed by atoms with Crippen molar-refractivity contribution in [1.82, 2.24) is 14.9 Å². The van der Waals surface area contributed by atoms with Crippen LogP contribution in [0.3, 0.4) is 0 Å². The van der Waals surface area contributed by atoms with Crippen LogP contribution in [0, 0.1) is 5.92 Å². The topological polar surface area (TPSA) is 79.5 Å². The molecule has 1 saturated heterocycles. The molecule has 2 aliphatic rings. The zero-order chi connectivity index (χ0) is 26.4. The van der Waals surface area contributed by atoms with Crippen LogP contribution in [0.4, 0.5) is 17.6 Å². The predicted octanol–water partition coefficient (Wildman–Crippen LogP) is 5.90. The van der Waals surface area contributed by atoms with Crippen molar-refractivity contribution in [3.63, 3.8) is 0 Å². The van der Waals surface area contributed by atoms with E-state index in [9.17, 15) is 0 Å². The number of rotatable bonds is 15. The highest BCUT2D eigenvalue weighted by Crippen LogP contribution is 2.28. The van der Waals surface area contributed by atoms with E-state index in [1.807, 2.05) is 13.0 Å². The molecule has 1 aliphatic carbocycles. The first-order valence-electron chi connectivity index (χ1n) is 15.2. The van der Waals surface area contributed by atoms with E-state index in [4.69, 9.17) is 15.5 Å². The highest BCUT2D eigenvalue weighted by molar-refractivity contribution is 5.52. The Bertz CT molecular complexity index is 922. The van der Waals surface area contributed by atoms with Gasteiger partial charge in [-0.05, 0) is 36.8 Å². The lowest BCUT2D eigenvalue weighted by molar-refractivity contribution is 0.111. The van der Waals surface area contributed by atoms with Crippen LogP contribution in [0.15, 0.2) is 30.3 Å². The summed E-state index contributed by atoms with van der Waals surface area (Å²) in [5.74, 6) is 3.03. The third-order valence-electron chi connectivity index (χ3n) is 8.21. The lowest BCUT2D eigenvalue weighted by Gasteiger charge is -2.35. The van der Waals surface area contributed by atoms with E-state index in [0.717, 1.165) is 57.7 Å². The fourth-order valence-electron chi connectivity index (χ4n) is 5.83. The van der Waals surface area contributed by atoms with Crippen molar-refractivity contribution < 1.29 is 4.74 Å². The van der Waals surface area contributed by atoms with Crippen LogP contribution in [-0.2, 0) is 17.7 Å². The normalized spacial score (nSPS) is 17.1. The molecule has 2 heterocycles. The second-order valence-electron chi connectivity index (χ2n) is 11.1. The molecule has 0 radical (unpaired) electrons. The van der Waals surface area contributed by atoms with Gasteiger partial charge in [-0.3, -0.25) is 4.90 Å². The van der Waals surface area contributed by atoms with Crippen LogP contribution in [-0.4, -0.2) is 60.8 Å². The molecule has 0 bridgehead atoms. The smallest absolute Gasteiger partial charge is 0.226 e. The lowest BCUT2D eigenvalue weighted by atomic mass is 9.85. The van der Waals surface area contributed by atoms with Gasteiger partial charge in [0.25, 0.3) is 0 Å². The van der Waals surface area contributed by atoms with Gasteiger partial charge in [0.15, 0.2) is 0 Å². The van der Waals surface area contributed by atoms with Gasteiger partial charge in [-0.25, -0.2) is 0 Å². The highest BCUT2D eigenvalue weighted by atomic mass is 16.5. The second kappa shape index (κ2) is 15.9. The SMILES string of the molecule is CCOCCN1CCN(c2cc(N)nc(NCc3ccc(CCCCCCC4CCCCC4)cc3)n2)CC1. The van der Waals surface area contributed by atoms with E-state index in [1.165, 1.54) is 81.8 Å². The van der Waals surface area contributed by atoms with Crippen LogP contribution >= 0.6 is 0 Å². The first-order chi connectivity index (χ1) is 18.7. The number of benzene rings is 1. The van der Waals surface area contributed by atoms with Gasteiger partial charge in [0.1, 0.15) is 11.6 Å². The second-order valence-corrected chi connectivity index (χ2v) is 11.1. The van der Waals surface area contributed by atoms with Crippen LogP contribution in [0.2, 0.25) is 0 Å².